The summed E-state index contributed by atoms with van der Waals surface area (Å²) in [6, 6.07) is 6.13. The quantitative estimate of drug-likeness (QED) is 0.602. The lowest BCUT2D eigenvalue weighted by Gasteiger charge is -2.21. The van der Waals surface area contributed by atoms with Crippen molar-refractivity contribution in [3.63, 3.8) is 0 Å². The van der Waals surface area contributed by atoms with Gasteiger partial charge >= 0.3 is 0 Å². The van der Waals surface area contributed by atoms with Gasteiger partial charge in [-0.1, -0.05) is 0 Å². The van der Waals surface area contributed by atoms with Crippen LogP contribution in [-0.2, 0) is 0 Å². The SMILES string of the molecule is CN(CCC#N)C(=O)c1cc([N+](=O)[O-])ccc1N(C)C. The van der Waals surface area contributed by atoms with Crippen LogP contribution in [0.15, 0.2) is 18.2 Å². The maximum Gasteiger partial charge on any atom is 0.270 e. The monoisotopic (exact) mass is 276 g/mol. The number of carbonyl (C=O) groups excluding carboxylic acids is 1. The summed E-state index contributed by atoms with van der Waals surface area (Å²) in [5.41, 5.74) is 0.724. The number of carbonyl (C=O) groups is 1. The Bertz CT molecular complexity index is 563. The summed E-state index contributed by atoms with van der Waals surface area (Å²) in [6.45, 7) is 0.283. The second kappa shape index (κ2) is 6.52. The molecule has 0 bridgehead atoms. The number of anilines is 1. The zero-order valence-corrected chi connectivity index (χ0v) is 11.7. The molecule has 106 valence electrons. The van der Waals surface area contributed by atoms with E-state index in [1.54, 1.807) is 32.1 Å². The molecule has 0 aliphatic carbocycles. The van der Waals surface area contributed by atoms with Crippen LogP contribution in [0.1, 0.15) is 16.8 Å². The number of amides is 1. The summed E-state index contributed by atoms with van der Waals surface area (Å²) < 4.78 is 0. The third kappa shape index (κ3) is 3.45. The Morgan fingerprint density at radius 1 is 1.40 bits per heavy atom. The summed E-state index contributed by atoms with van der Waals surface area (Å²) in [6.07, 6.45) is 0.217. The Balaban J connectivity index is 3.19. The summed E-state index contributed by atoms with van der Waals surface area (Å²) >= 11 is 0. The zero-order valence-electron chi connectivity index (χ0n) is 11.7. The molecule has 0 aromatic heterocycles. The Morgan fingerprint density at radius 2 is 2.05 bits per heavy atom. The van der Waals surface area contributed by atoms with Crippen LogP contribution in [0.2, 0.25) is 0 Å². The number of nitro groups is 1. The van der Waals surface area contributed by atoms with Crippen molar-refractivity contribution in [2.75, 3.05) is 32.6 Å². The molecular formula is C13H16N4O3. The standard InChI is InChI=1S/C13H16N4O3/c1-15(2)12-6-5-10(17(19)20)9-11(12)13(18)16(3)8-4-7-14/h5-6,9H,4,8H2,1-3H3. The minimum absolute atomic E-state index is 0.132. The molecule has 0 aliphatic rings. The molecule has 0 saturated heterocycles. The van der Waals surface area contributed by atoms with Crippen LogP contribution in [0.3, 0.4) is 0 Å². The Labute approximate surface area is 117 Å². The molecular weight excluding hydrogens is 260 g/mol. The second-order valence-corrected chi connectivity index (χ2v) is 4.49. The molecule has 0 spiro atoms. The lowest BCUT2D eigenvalue weighted by Crippen LogP contribution is -2.29. The van der Waals surface area contributed by atoms with Gasteiger partial charge in [0.05, 0.1) is 23.0 Å². The second-order valence-electron chi connectivity index (χ2n) is 4.49. The smallest absolute Gasteiger partial charge is 0.270 e. The summed E-state index contributed by atoms with van der Waals surface area (Å²) in [5, 5.41) is 19.4. The third-order valence-corrected chi connectivity index (χ3v) is 2.81. The van der Waals surface area contributed by atoms with Crippen molar-refractivity contribution >= 4 is 17.3 Å². The van der Waals surface area contributed by atoms with Crippen molar-refractivity contribution in [1.82, 2.24) is 4.90 Å². The molecule has 0 unspecified atom stereocenters. The van der Waals surface area contributed by atoms with E-state index in [9.17, 15) is 14.9 Å². The Hall–Kier alpha value is -2.62. The van der Waals surface area contributed by atoms with Crippen molar-refractivity contribution in [2.24, 2.45) is 0 Å². The highest BCUT2D eigenvalue weighted by molar-refractivity contribution is 6.00. The van der Waals surface area contributed by atoms with E-state index in [4.69, 9.17) is 5.26 Å². The van der Waals surface area contributed by atoms with E-state index in [0.29, 0.717) is 5.69 Å². The highest BCUT2D eigenvalue weighted by Crippen LogP contribution is 2.25. The molecule has 0 fully saturated rings. The number of benzene rings is 1. The van der Waals surface area contributed by atoms with Crippen molar-refractivity contribution < 1.29 is 9.72 Å². The number of non-ortho nitro benzene ring substituents is 1. The van der Waals surface area contributed by atoms with Crippen molar-refractivity contribution in [3.8, 4) is 6.07 Å². The number of hydrogen-bond donors (Lipinski definition) is 0. The Morgan fingerprint density at radius 3 is 2.55 bits per heavy atom. The predicted octanol–water partition coefficient (Wildman–Crippen LogP) is 1.65. The van der Waals surface area contributed by atoms with Gasteiger partial charge in [-0.25, -0.2) is 0 Å². The number of nitro benzene ring substituents is 1. The van der Waals surface area contributed by atoms with E-state index >= 15 is 0 Å². The number of rotatable bonds is 5. The van der Waals surface area contributed by atoms with Crippen molar-refractivity contribution in [2.45, 2.75) is 6.42 Å². The lowest BCUT2D eigenvalue weighted by molar-refractivity contribution is -0.384. The van der Waals surface area contributed by atoms with Crippen LogP contribution >= 0.6 is 0 Å². The maximum atomic E-state index is 12.3. The zero-order chi connectivity index (χ0) is 15.3. The van der Waals surface area contributed by atoms with Gasteiger partial charge in [0.2, 0.25) is 0 Å². The van der Waals surface area contributed by atoms with Crippen LogP contribution in [0.25, 0.3) is 0 Å². The first-order valence-corrected chi connectivity index (χ1v) is 5.96. The van der Waals surface area contributed by atoms with Gasteiger partial charge in [0, 0.05) is 45.5 Å². The van der Waals surface area contributed by atoms with Crippen LogP contribution < -0.4 is 4.90 Å². The largest absolute Gasteiger partial charge is 0.377 e. The maximum absolute atomic E-state index is 12.3. The fraction of sp³-hybridized carbons (Fsp3) is 0.385. The van der Waals surface area contributed by atoms with Crippen molar-refractivity contribution in [1.29, 1.82) is 5.26 Å². The molecule has 0 atom stereocenters. The number of nitrogens with zero attached hydrogens (tertiary/aromatic N) is 4. The van der Waals surface area contributed by atoms with E-state index in [-0.39, 0.29) is 30.1 Å². The van der Waals surface area contributed by atoms with E-state index in [1.165, 1.54) is 17.0 Å². The van der Waals surface area contributed by atoms with E-state index in [2.05, 4.69) is 0 Å². The molecule has 0 heterocycles. The molecule has 1 amide bonds. The number of hydrogen-bond acceptors (Lipinski definition) is 5. The van der Waals surface area contributed by atoms with Crippen LogP contribution in [0.5, 0.6) is 0 Å². The van der Waals surface area contributed by atoms with Crippen LogP contribution in [0.4, 0.5) is 11.4 Å². The molecule has 0 saturated carbocycles. The fourth-order valence-corrected chi connectivity index (χ4v) is 1.72. The molecule has 0 aliphatic heterocycles. The highest BCUT2D eigenvalue weighted by atomic mass is 16.6. The summed E-state index contributed by atoms with van der Waals surface area (Å²) in [5.74, 6) is -0.340. The number of nitriles is 1. The third-order valence-electron chi connectivity index (χ3n) is 2.81. The first kappa shape index (κ1) is 15.4. The average Bonchev–Trinajstić information content (AvgIpc) is 2.42. The summed E-state index contributed by atoms with van der Waals surface area (Å²) in [4.78, 5) is 25.7. The lowest BCUT2D eigenvalue weighted by atomic mass is 10.1. The minimum Gasteiger partial charge on any atom is -0.377 e. The molecule has 20 heavy (non-hydrogen) atoms. The molecule has 0 radical (unpaired) electrons. The molecule has 7 nitrogen and oxygen atoms in total. The van der Waals surface area contributed by atoms with Gasteiger partial charge in [0.25, 0.3) is 11.6 Å². The average molecular weight is 276 g/mol. The van der Waals surface area contributed by atoms with Crippen molar-refractivity contribution in [3.05, 3.63) is 33.9 Å². The van der Waals surface area contributed by atoms with E-state index in [1.807, 2.05) is 6.07 Å². The van der Waals surface area contributed by atoms with Gasteiger partial charge in [-0.05, 0) is 6.07 Å². The van der Waals surface area contributed by atoms with Gasteiger partial charge in [0.1, 0.15) is 0 Å². The van der Waals surface area contributed by atoms with Crippen LogP contribution in [0, 0.1) is 21.4 Å². The normalized spacial score (nSPS) is 9.70. The van der Waals surface area contributed by atoms with Gasteiger partial charge in [-0.15, -0.1) is 0 Å². The minimum atomic E-state index is -0.536. The van der Waals surface area contributed by atoms with Gasteiger partial charge in [-0.3, -0.25) is 14.9 Å². The van der Waals surface area contributed by atoms with Gasteiger partial charge < -0.3 is 9.80 Å². The topological polar surface area (TPSA) is 90.5 Å². The summed E-state index contributed by atoms with van der Waals surface area (Å²) in [7, 11) is 5.08. The highest BCUT2D eigenvalue weighted by Gasteiger charge is 2.20. The predicted molar refractivity (Wildman–Crippen MR) is 74.6 cm³/mol. The van der Waals surface area contributed by atoms with Crippen LogP contribution in [-0.4, -0.2) is 43.4 Å². The molecule has 1 aromatic rings. The molecule has 7 heteroatoms. The molecule has 0 N–H and O–H groups in total. The Kier molecular flexibility index (Phi) is 5.03. The fourth-order valence-electron chi connectivity index (χ4n) is 1.72. The molecule has 1 aromatic carbocycles. The first-order valence-electron chi connectivity index (χ1n) is 5.96. The van der Waals surface area contributed by atoms with E-state index in [0.717, 1.165) is 0 Å². The first-order chi connectivity index (χ1) is 9.38. The van der Waals surface area contributed by atoms with Gasteiger partial charge in [-0.2, -0.15) is 5.26 Å². The van der Waals surface area contributed by atoms with E-state index < -0.39 is 4.92 Å². The molecule has 1 rings (SSSR count). The van der Waals surface area contributed by atoms with Gasteiger partial charge in [0.15, 0.2) is 0 Å².